The van der Waals surface area contributed by atoms with Crippen LogP contribution in [-0.2, 0) is 11.3 Å². The molecule has 0 aliphatic carbocycles. The summed E-state index contributed by atoms with van der Waals surface area (Å²) in [5.41, 5.74) is 0.866. The second-order valence-electron chi connectivity index (χ2n) is 6.31. The predicted molar refractivity (Wildman–Crippen MR) is 89.6 cm³/mol. The first kappa shape index (κ1) is 16.6. The van der Waals surface area contributed by atoms with E-state index in [1.54, 1.807) is 6.07 Å². The summed E-state index contributed by atoms with van der Waals surface area (Å²) < 4.78 is 32.6. The standard InChI is InChI=1S/C17H17ClF2N4O/c18-13-2-1-11(5-14(13)20)8-23-9-15-16(10-23)25-4-3-24(15)17-21-6-12(19)7-22-17/h1-2,5-7,15-16H,3-4,8-10H2/t15-,16-/m0/s1. The number of morpholine rings is 1. The molecule has 0 unspecified atom stereocenters. The summed E-state index contributed by atoms with van der Waals surface area (Å²) >= 11 is 5.74. The molecule has 132 valence electrons. The Morgan fingerprint density at radius 2 is 2.00 bits per heavy atom. The number of rotatable bonds is 3. The molecule has 0 N–H and O–H groups in total. The van der Waals surface area contributed by atoms with E-state index < -0.39 is 11.6 Å². The minimum absolute atomic E-state index is 0.0274. The number of hydrogen-bond acceptors (Lipinski definition) is 5. The van der Waals surface area contributed by atoms with Crippen LogP contribution in [-0.4, -0.2) is 53.3 Å². The highest BCUT2D eigenvalue weighted by molar-refractivity contribution is 6.30. The summed E-state index contributed by atoms with van der Waals surface area (Å²) in [5.74, 6) is -0.348. The van der Waals surface area contributed by atoms with Crippen LogP contribution in [0.4, 0.5) is 14.7 Å². The van der Waals surface area contributed by atoms with Crippen LogP contribution in [0.2, 0.25) is 5.02 Å². The lowest BCUT2D eigenvalue weighted by Crippen LogP contribution is -2.51. The summed E-state index contributed by atoms with van der Waals surface area (Å²) in [5, 5.41) is 0.127. The van der Waals surface area contributed by atoms with Gasteiger partial charge in [-0.05, 0) is 17.7 Å². The molecule has 3 heterocycles. The zero-order chi connectivity index (χ0) is 17.4. The van der Waals surface area contributed by atoms with Crippen LogP contribution in [0, 0.1) is 11.6 Å². The number of fused-ring (bicyclic) bond motifs is 1. The molecule has 2 fully saturated rings. The first-order valence-corrected chi connectivity index (χ1v) is 8.50. The van der Waals surface area contributed by atoms with E-state index in [-0.39, 0.29) is 17.2 Å². The van der Waals surface area contributed by atoms with E-state index in [0.29, 0.717) is 25.6 Å². The second kappa shape index (κ2) is 6.82. The zero-order valence-electron chi connectivity index (χ0n) is 13.4. The van der Waals surface area contributed by atoms with Crippen LogP contribution in [0.3, 0.4) is 0 Å². The Hall–Kier alpha value is -1.83. The van der Waals surface area contributed by atoms with Gasteiger partial charge < -0.3 is 9.64 Å². The van der Waals surface area contributed by atoms with Crippen molar-refractivity contribution in [2.45, 2.75) is 18.7 Å². The Bertz CT molecular complexity index is 761. The van der Waals surface area contributed by atoms with E-state index in [0.717, 1.165) is 18.7 Å². The maximum absolute atomic E-state index is 13.6. The fourth-order valence-corrected chi connectivity index (χ4v) is 3.61. The number of anilines is 1. The average Bonchev–Trinajstić information content (AvgIpc) is 3.01. The molecule has 1 aromatic heterocycles. The Kier molecular flexibility index (Phi) is 4.54. The molecule has 0 radical (unpaired) electrons. The molecule has 2 atom stereocenters. The summed E-state index contributed by atoms with van der Waals surface area (Å²) in [6.45, 7) is 3.34. The SMILES string of the molecule is Fc1cnc(N2CCO[C@H]3CN(Cc4ccc(Cl)c(F)c4)C[C@@H]32)nc1. The van der Waals surface area contributed by atoms with Crippen molar-refractivity contribution in [1.82, 2.24) is 14.9 Å². The average molecular weight is 367 g/mol. The third kappa shape index (κ3) is 3.44. The highest BCUT2D eigenvalue weighted by Crippen LogP contribution is 2.27. The molecule has 2 aromatic rings. The van der Waals surface area contributed by atoms with Crippen LogP contribution in [0.5, 0.6) is 0 Å². The molecule has 5 nitrogen and oxygen atoms in total. The monoisotopic (exact) mass is 366 g/mol. The van der Waals surface area contributed by atoms with Gasteiger partial charge in [0.2, 0.25) is 5.95 Å². The Morgan fingerprint density at radius 3 is 2.76 bits per heavy atom. The second-order valence-corrected chi connectivity index (χ2v) is 6.72. The van der Waals surface area contributed by atoms with E-state index in [1.807, 2.05) is 6.07 Å². The molecule has 8 heteroatoms. The zero-order valence-corrected chi connectivity index (χ0v) is 14.2. The van der Waals surface area contributed by atoms with Crippen LogP contribution in [0.1, 0.15) is 5.56 Å². The summed E-state index contributed by atoms with van der Waals surface area (Å²) in [6.07, 6.45) is 2.38. The van der Waals surface area contributed by atoms with Gasteiger partial charge in [0.25, 0.3) is 0 Å². The number of ether oxygens (including phenoxy) is 1. The lowest BCUT2D eigenvalue weighted by molar-refractivity contribution is 0.0300. The summed E-state index contributed by atoms with van der Waals surface area (Å²) in [6, 6.07) is 4.96. The Morgan fingerprint density at radius 1 is 1.20 bits per heavy atom. The molecule has 1 aromatic carbocycles. The van der Waals surface area contributed by atoms with E-state index >= 15 is 0 Å². The van der Waals surface area contributed by atoms with Gasteiger partial charge in [-0.2, -0.15) is 0 Å². The molecular weight excluding hydrogens is 350 g/mol. The van der Waals surface area contributed by atoms with E-state index in [1.165, 1.54) is 18.5 Å². The number of likely N-dealkylation sites (tertiary alicyclic amines) is 1. The van der Waals surface area contributed by atoms with Gasteiger partial charge in [-0.15, -0.1) is 0 Å². The van der Waals surface area contributed by atoms with Crippen molar-refractivity contribution < 1.29 is 13.5 Å². The number of aromatic nitrogens is 2. The van der Waals surface area contributed by atoms with Crippen molar-refractivity contribution in [3.8, 4) is 0 Å². The first-order chi connectivity index (χ1) is 12.1. The third-order valence-electron chi connectivity index (χ3n) is 4.63. The predicted octanol–water partition coefficient (Wildman–Crippen LogP) is 2.50. The van der Waals surface area contributed by atoms with Crippen molar-refractivity contribution in [3.05, 3.63) is 52.8 Å². The van der Waals surface area contributed by atoms with Crippen LogP contribution in [0.15, 0.2) is 30.6 Å². The molecule has 25 heavy (non-hydrogen) atoms. The highest BCUT2D eigenvalue weighted by Gasteiger charge is 2.41. The van der Waals surface area contributed by atoms with Crippen molar-refractivity contribution >= 4 is 17.5 Å². The van der Waals surface area contributed by atoms with Crippen molar-refractivity contribution in [2.75, 3.05) is 31.1 Å². The highest BCUT2D eigenvalue weighted by atomic mass is 35.5. The van der Waals surface area contributed by atoms with Crippen molar-refractivity contribution in [3.63, 3.8) is 0 Å². The van der Waals surface area contributed by atoms with Gasteiger partial charge in [0.05, 0.1) is 36.2 Å². The topological polar surface area (TPSA) is 41.5 Å². The quantitative estimate of drug-likeness (QED) is 0.835. The molecule has 4 rings (SSSR count). The molecule has 0 bridgehead atoms. The van der Waals surface area contributed by atoms with Crippen molar-refractivity contribution in [1.29, 1.82) is 0 Å². The van der Waals surface area contributed by atoms with Gasteiger partial charge in [-0.25, -0.2) is 18.7 Å². The van der Waals surface area contributed by atoms with Gasteiger partial charge in [-0.3, -0.25) is 4.90 Å². The minimum atomic E-state index is -0.452. The Labute approximate surface area is 149 Å². The third-order valence-corrected chi connectivity index (χ3v) is 4.94. The maximum Gasteiger partial charge on any atom is 0.225 e. The summed E-state index contributed by atoms with van der Waals surface area (Å²) in [4.78, 5) is 12.5. The molecule has 0 amide bonds. The molecule has 0 saturated carbocycles. The van der Waals surface area contributed by atoms with E-state index in [9.17, 15) is 8.78 Å². The number of nitrogens with zero attached hydrogens (tertiary/aromatic N) is 4. The smallest absolute Gasteiger partial charge is 0.225 e. The van der Waals surface area contributed by atoms with E-state index in [2.05, 4.69) is 19.8 Å². The van der Waals surface area contributed by atoms with E-state index in [4.69, 9.17) is 16.3 Å². The number of hydrogen-bond donors (Lipinski definition) is 0. The fraction of sp³-hybridized carbons (Fsp3) is 0.412. The van der Waals surface area contributed by atoms with Crippen LogP contribution in [0.25, 0.3) is 0 Å². The van der Waals surface area contributed by atoms with Gasteiger partial charge in [0, 0.05) is 26.2 Å². The Balaban J connectivity index is 1.48. The fourth-order valence-electron chi connectivity index (χ4n) is 3.49. The molecule has 2 aliphatic rings. The molecule has 0 spiro atoms. The van der Waals surface area contributed by atoms with Gasteiger partial charge in [-0.1, -0.05) is 17.7 Å². The number of benzene rings is 1. The van der Waals surface area contributed by atoms with Crippen molar-refractivity contribution in [2.24, 2.45) is 0 Å². The maximum atomic E-state index is 13.6. The summed E-state index contributed by atoms with van der Waals surface area (Å²) in [7, 11) is 0. The normalized spacial score (nSPS) is 23.7. The largest absolute Gasteiger partial charge is 0.373 e. The van der Waals surface area contributed by atoms with Gasteiger partial charge >= 0.3 is 0 Å². The lowest BCUT2D eigenvalue weighted by atomic mass is 10.1. The van der Waals surface area contributed by atoms with Gasteiger partial charge in [0.15, 0.2) is 5.82 Å². The number of halogens is 3. The minimum Gasteiger partial charge on any atom is -0.373 e. The van der Waals surface area contributed by atoms with Crippen LogP contribution >= 0.6 is 11.6 Å². The van der Waals surface area contributed by atoms with Gasteiger partial charge in [0.1, 0.15) is 5.82 Å². The first-order valence-electron chi connectivity index (χ1n) is 8.12. The molecule has 2 saturated heterocycles. The lowest BCUT2D eigenvalue weighted by Gasteiger charge is -2.36. The van der Waals surface area contributed by atoms with Crippen LogP contribution < -0.4 is 4.90 Å². The molecular formula is C17H17ClF2N4O. The molecule has 2 aliphatic heterocycles.